The number of nitrogens with one attached hydrogen (secondary N) is 1. The van der Waals surface area contributed by atoms with Crippen molar-refractivity contribution in [3.05, 3.63) is 81.7 Å². The molecule has 0 saturated carbocycles. The van der Waals surface area contributed by atoms with E-state index in [9.17, 15) is 4.79 Å². The van der Waals surface area contributed by atoms with Gasteiger partial charge in [0.15, 0.2) is 0 Å². The van der Waals surface area contributed by atoms with Crippen LogP contribution in [-0.4, -0.2) is 29.1 Å². The molecule has 0 saturated heterocycles. The molecule has 30 heavy (non-hydrogen) atoms. The van der Waals surface area contributed by atoms with Crippen molar-refractivity contribution >= 4 is 5.91 Å². The molecule has 2 aromatic carbocycles. The van der Waals surface area contributed by atoms with Crippen molar-refractivity contribution < 1.29 is 14.1 Å². The molecule has 0 spiro atoms. The highest BCUT2D eigenvalue weighted by molar-refractivity contribution is 5.94. The standard InChI is InChI=1S/C24H27N3O3/c1-16-4-6-19(7-5-16)13-25-24(28)20-8-9-23-21(12-20)14-27(10-11-29-23)15-22-17(2)26-30-18(22)3/h4-9,12H,10-11,13-15H2,1-3H3,(H,25,28). The summed E-state index contributed by atoms with van der Waals surface area (Å²) in [6, 6.07) is 13.8. The Hall–Kier alpha value is -3.12. The lowest BCUT2D eigenvalue weighted by Gasteiger charge is -2.19. The van der Waals surface area contributed by atoms with Gasteiger partial charge in [-0.2, -0.15) is 0 Å². The minimum absolute atomic E-state index is 0.0834. The molecule has 6 heteroatoms. The van der Waals surface area contributed by atoms with Crippen LogP contribution in [-0.2, 0) is 19.6 Å². The molecule has 0 fully saturated rings. The van der Waals surface area contributed by atoms with Crippen LogP contribution in [0.2, 0.25) is 0 Å². The Morgan fingerprint density at radius 3 is 2.67 bits per heavy atom. The summed E-state index contributed by atoms with van der Waals surface area (Å²) in [5, 5.41) is 7.06. The molecule has 0 bridgehead atoms. The average molecular weight is 405 g/mol. The van der Waals surface area contributed by atoms with Gasteiger partial charge in [-0.1, -0.05) is 35.0 Å². The highest BCUT2D eigenvalue weighted by Gasteiger charge is 2.20. The van der Waals surface area contributed by atoms with E-state index >= 15 is 0 Å². The molecule has 1 N–H and O–H groups in total. The van der Waals surface area contributed by atoms with Crippen molar-refractivity contribution in [2.45, 2.75) is 40.4 Å². The summed E-state index contributed by atoms with van der Waals surface area (Å²) in [5.74, 6) is 1.60. The van der Waals surface area contributed by atoms with Crippen LogP contribution in [0.1, 0.15) is 44.1 Å². The number of aryl methyl sites for hydroxylation is 3. The maximum Gasteiger partial charge on any atom is 0.251 e. The van der Waals surface area contributed by atoms with E-state index in [-0.39, 0.29) is 5.91 Å². The zero-order chi connectivity index (χ0) is 21.1. The second kappa shape index (κ2) is 8.71. The number of hydrogen-bond donors (Lipinski definition) is 1. The highest BCUT2D eigenvalue weighted by atomic mass is 16.5. The van der Waals surface area contributed by atoms with Crippen molar-refractivity contribution in [3.8, 4) is 5.75 Å². The Morgan fingerprint density at radius 1 is 1.13 bits per heavy atom. The normalized spacial score (nSPS) is 14.0. The molecule has 0 unspecified atom stereocenters. The first kappa shape index (κ1) is 20.2. The van der Waals surface area contributed by atoms with Crippen LogP contribution in [0.3, 0.4) is 0 Å². The van der Waals surface area contributed by atoms with Crippen molar-refractivity contribution in [1.29, 1.82) is 0 Å². The summed E-state index contributed by atoms with van der Waals surface area (Å²) in [6.07, 6.45) is 0. The second-order valence-corrected chi connectivity index (χ2v) is 7.85. The number of hydrogen-bond acceptors (Lipinski definition) is 5. The van der Waals surface area contributed by atoms with E-state index in [1.165, 1.54) is 5.56 Å². The van der Waals surface area contributed by atoms with Crippen LogP contribution in [0.4, 0.5) is 0 Å². The third-order valence-corrected chi connectivity index (χ3v) is 5.52. The zero-order valence-corrected chi connectivity index (χ0v) is 17.7. The monoisotopic (exact) mass is 405 g/mol. The summed E-state index contributed by atoms with van der Waals surface area (Å²) in [6.45, 7) is 9.31. The number of ether oxygens (including phenoxy) is 1. The predicted octanol–water partition coefficient (Wildman–Crippen LogP) is 3.92. The molecule has 0 atom stereocenters. The molecule has 0 radical (unpaired) electrons. The lowest BCUT2D eigenvalue weighted by Crippen LogP contribution is -2.26. The quantitative estimate of drug-likeness (QED) is 0.697. The van der Waals surface area contributed by atoms with Crippen LogP contribution in [0.25, 0.3) is 0 Å². The van der Waals surface area contributed by atoms with Gasteiger partial charge in [-0.3, -0.25) is 9.69 Å². The summed E-state index contributed by atoms with van der Waals surface area (Å²) in [5.41, 5.74) is 5.98. The number of nitrogens with zero attached hydrogens (tertiary/aromatic N) is 2. The number of amides is 1. The number of rotatable bonds is 5. The van der Waals surface area contributed by atoms with E-state index < -0.39 is 0 Å². The maximum absolute atomic E-state index is 12.7. The molecular weight excluding hydrogens is 378 g/mol. The van der Waals surface area contributed by atoms with Gasteiger partial charge in [0.2, 0.25) is 0 Å². The van der Waals surface area contributed by atoms with E-state index in [4.69, 9.17) is 9.26 Å². The molecule has 1 aliphatic heterocycles. The van der Waals surface area contributed by atoms with E-state index in [1.807, 2.05) is 44.2 Å². The van der Waals surface area contributed by atoms with Crippen LogP contribution in [0.5, 0.6) is 5.75 Å². The lowest BCUT2D eigenvalue weighted by molar-refractivity contribution is 0.0950. The Labute approximate surface area is 176 Å². The highest BCUT2D eigenvalue weighted by Crippen LogP contribution is 2.26. The fourth-order valence-electron chi connectivity index (χ4n) is 3.67. The van der Waals surface area contributed by atoms with E-state index in [2.05, 4.69) is 34.4 Å². The van der Waals surface area contributed by atoms with Gasteiger partial charge in [0.05, 0.1) is 5.69 Å². The molecule has 1 aliphatic rings. The summed E-state index contributed by atoms with van der Waals surface area (Å²) in [7, 11) is 0. The summed E-state index contributed by atoms with van der Waals surface area (Å²) < 4.78 is 11.2. The number of benzene rings is 2. The Morgan fingerprint density at radius 2 is 1.93 bits per heavy atom. The molecule has 156 valence electrons. The minimum atomic E-state index is -0.0834. The second-order valence-electron chi connectivity index (χ2n) is 7.85. The van der Waals surface area contributed by atoms with Crippen molar-refractivity contribution in [1.82, 2.24) is 15.4 Å². The molecule has 3 aromatic rings. The van der Waals surface area contributed by atoms with Crippen LogP contribution in [0, 0.1) is 20.8 Å². The van der Waals surface area contributed by atoms with Gasteiger partial charge in [0.25, 0.3) is 5.91 Å². The molecule has 0 aliphatic carbocycles. The van der Waals surface area contributed by atoms with E-state index in [0.29, 0.717) is 25.3 Å². The molecule has 1 amide bonds. The fraction of sp³-hybridized carbons (Fsp3) is 0.333. The van der Waals surface area contributed by atoms with Gasteiger partial charge < -0.3 is 14.6 Å². The predicted molar refractivity (Wildman–Crippen MR) is 114 cm³/mol. The van der Waals surface area contributed by atoms with Crippen LogP contribution >= 0.6 is 0 Å². The molecule has 2 heterocycles. The average Bonchev–Trinajstić information content (AvgIpc) is 2.94. The topological polar surface area (TPSA) is 67.6 Å². The Balaban J connectivity index is 1.45. The first-order valence-corrected chi connectivity index (χ1v) is 10.2. The van der Waals surface area contributed by atoms with Crippen molar-refractivity contribution in [3.63, 3.8) is 0 Å². The Bertz CT molecular complexity index is 1020. The largest absolute Gasteiger partial charge is 0.492 e. The number of carbonyl (C=O) groups excluding carboxylic acids is 1. The molecule has 4 rings (SSSR count). The van der Waals surface area contributed by atoms with Gasteiger partial charge >= 0.3 is 0 Å². The van der Waals surface area contributed by atoms with Gasteiger partial charge in [-0.05, 0) is 44.5 Å². The third-order valence-electron chi connectivity index (χ3n) is 5.52. The van der Waals surface area contributed by atoms with E-state index in [0.717, 1.165) is 47.0 Å². The first-order valence-electron chi connectivity index (χ1n) is 10.2. The molecular formula is C24H27N3O3. The number of carbonyl (C=O) groups is 1. The smallest absolute Gasteiger partial charge is 0.251 e. The van der Waals surface area contributed by atoms with Gasteiger partial charge in [-0.25, -0.2) is 0 Å². The third kappa shape index (κ3) is 4.54. The van der Waals surface area contributed by atoms with Crippen molar-refractivity contribution in [2.24, 2.45) is 0 Å². The number of aromatic nitrogens is 1. The van der Waals surface area contributed by atoms with Gasteiger partial charge in [0, 0.05) is 42.9 Å². The summed E-state index contributed by atoms with van der Waals surface area (Å²) in [4.78, 5) is 15.0. The maximum atomic E-state index is 12.7. The van der Waals surface area contributed by atoms with Crippen molar-refractivity contribution in [2.75, 3.05) is 13.2 Å². The molecule has 1 aromatic heterocycles. The van der Waals surface area contributed by atoms with Gasteiger partial charge in [0.1, 0.15) is 18.1 Å². The first-order chi connectivity index (χ1) is 14.5. The Kier molecular flexibility index (Phi) is 5.86. The molecule has 6 nitrogen and oxygen atoms in total. The van der Waals surface area contributed by atoms with Crippen LogP contribution in [0.15, 0.2) is 47.0 Å². The summed E-state index contributed by atoms with van der Waals surface area (Å²) >= 11 is 0. The van der Waals surface area contributed by atoms with E-state index in [1.54, 1.807) is 0 Å². The lowest BCUT2D eigenvalue weighted by atomic mass is 10.1. The zero-order valence-electron chi connectivity index (χ0n) is 17.7. The number of fused-ring (bicyclic) bond motifs is 1. The van der Waals surface area contributed by atoms with Gasteiger partial charge in [-0.15, -0.1) is 0 Å². The van der Waals surface area contributed by atoms with Crippen LogP contribution < -0.4 is 10.1 Å². The minimum Gasteiger partial charge on any atom is -0.492 e. The SMILES string of the molecule is Cc1ccc(CNC(=O)c2ccc3c(c2)CN(Cc2c(C)noc2C)CCO3)cc1. The fourth-order valence-corrected chi connectivity index (χ4v) is 3.67.